The lowest BCUT2D eigenvalue weighted by Crippen LogP contribution is -2.58. The van der Waals surface area contributed by atoms with Crippen LogP contribution in [0.1, 0.15) is 63.6 Å². The summed E-state index contributed by atoms with van der Waals surface area (Å²) < 4.78 is 5.88. The number of allylic oxidation sites excluding steroid dienone is 1. The van der Waals surface area contributed by atoms with Crippen LogP contribution in [-0.4, -0.2) is 17.2 Å². The molecule has 1 amide bonds. The molecule has 1 spiro atoms. The lowest BCUT2D eigenvalue weighted by Gasteiger charge is -2.50. The van der Waals surface area contributed by atoms with Crippen LogP contribution in [0.3, 0.4) is 0 Å². The number of ketones is 1. The minimum Gasteiger partial charge on any atom is -0.444 e. The zero-order chi connectivity index (χ0) is 25.6. The van der Waals surface area contributed by atoms with E-state index in [0.29, 0.717) is 30.6 Å². The maximum absolute atomic E-state index is 14.8. The number of amides is 1. The number of fused-ring (bicyclic) bond motifs is 2. The fourth-order valence-electron chi connectivity index (χ4n) is 7.29. The van der Waals surface area contributed by atoms with Crippen molar-refractivity contribution in [3.63, 3.8) is 0 Å². The van der Waals surface area contributed by atoms with Gasteiger partial charge in [-0.2, -0.15) is 5.26 Å². The second-order valence-corrected chi connectivity index (χ2v) is 11.5. The quantitative estimate of drug-likeness (QED) is 0.638. The SMILES string of the molecule is C[C@@H]1CC(=O)C2=C(C1)OC(N)=C(C#N)[C@]21C(=O)N2c3c1cccc3[C@@](C)(c1ccccc1)CC2(C)C. The first-order chi connectivity index (χ1) is 17.1. The summed E-state index contributed by atoms with van der Waals surface area (Å²) in [6.45, 7) is 8.31. The van der Waals surface area contributed by atoms with Crippen molar-refractivity contribution in [2.75, 3.05) is 4.90 Å². The first-order valence-electron chi connectivity index (χ1n) is 12.5. The number of nitrogens with zero attached hydrogens (tertiary/aromatic N) is 2. The molecular formula is C30H29N3O3. The Bertz CT molecular complexity index is 1460. The van der Waals surface area contributed by atoms with Gasteiger partial charge in [-0.05, 0) is 37.3 Å². The van der Waals surface area contributed by atoms with Gasteiger partial charge in [-0.15, -0.1) is 0 Å². The van der Waals surface area contributed by atoms with Crippen molar-refractivity contribution in [1.29, 1.82) is 5.26 Å². The van der Waals surface area contributed by atoms with Crippen molar-refractivity contribution < 1.29 is 14.3 Å². The summed E-state index contributed by atoms with van der Waals surface area (Å²) in [6.07, 6.45) is 1.47. The summed E-state index contributed by atoms with van der Waals surface area (Å²) in [5.74, 6) is -0.0457. The van der Waals surface area contributed by atoms with Crippen LogP contribution in [-0.2, 0) is 25.2 Å². The van der Waals surface area contributed by atoms with Crippen LogP contribution < -0.4 is 10.6 Å². The topological polar surface area (TPSA) is 96.4 Å². The van der Waals surface area contributed by atoms with E-state index >= 15 is 0 Å². The molecule has 4 aliphatic rings. The maximum atomic E-state index is 14.8. The lowest BCUT2D eigenvalue weighted by atomic mass is 9.63. The summed E-state index contributed by atoms with van der Waals surface area (Å²) in [7, 11) is 0. The Morgan fingerprint density at radius 1 is 1.03 bits per heavy atom. The van der Waals surface area contributed by atoms with Crippen molar-refractivity contribution in [2.45, 2.75) is 63.3 Å². The number of benzene rings is 2. The van der Waals surface area contributed by atoms with E-state index in [0.717, 1.165) is 16.8 Å². The Hall–Kier alpha value is -3.85. The Morgan fingerprint density at radius 2 is 1.72 bits per heavy atom. The molecular weight excluding hydrogens is 450 g/mol. The number of Topliss-reactive ketones (excluding diaryl/α,β-unsaturated/α-hetero) is 1. The highest BCUT2D eigenvalue weighted by Gasteiger charge is 2.66. The molecule has 3 heterocycles. The van der Waals surface area contributed by atoms with Crippen molar-refractivity contribution in [1.82, 2.24) is 0 Å². The van der Waals surface area contributed by atoms with Crippen LogP contribution >= 0.6 is 0 Å². The predicted octanol–water partition coefficient (Wildman–Crippen LogP) is 4.74. The van der Waals surface area contributed by atoms with Gasteiger partial charge in [0.25, 0.3) is 0 Å². The van der Waals surface area contributed by atoms with Gasteiger partial charge in [-0.1, -0.05) is 62.4 Å². The van der Waals surface area contributed by atoms with Crippen molar-refractivity contribution >= 4 is 17.4 Å². The van der Waals surface area contributed by atoms with Gasteiger partial charge in [-0.3, -0.25) is 9.59 Å². The van der Waals surface area contributed by atoms with Gasteiger partial charge in [0.05, 0.1) is 11.3 Å². The van der Waals surface area contributed by atoms with Gasteiger partial charge in [0.1, 0.15) is 22.8 Å². The molecule has 0 fully saturated rings. The van der Waals surface area contributed by atoms with E-state index in [1.165, 1.54) is 0 Å². The molecule has 6 rings (SSSR count). The molecule has 182 valence electrons. The number of hydrogen-bond acceptors (Lipinski definition) is 5. The molecule has 0 saturated heterocycles. The third-order valence-electron chi connectivity index (χ3n) is 8.55. The summed E-state index contributed by atoms with van der Waals surface area (Å²) in [4.78, 5) is 30.2. The molecule has 0 radical (unpaired) electrons. The average molecular weight is 480 g/mol. The number of carbonyl (C=O) groups excluding carboxylic acids is 2. The van der Waals surface area contributed by atoms with Crippen LogP contribution in [0.25, 0.3) is 0 Å². The Kier molecular flexibility index (Phi) is 4.46. The summed E-state index contributed by atoms with van der Waals surface area (Å²) in [5.41, 5.74) is 7.67. The van der Waals surface area contributed by atoms with Crippen molar-refractivity contribution in [3.05, 3.63) is 88.0 Å². The molecule has 1 aliphatic carbocycles. The van der Waals surface area contributed by atoms with Gasteiger partial charge >= 0.3 is 0 Å². The molecule has 2 aromatic carbocycles. The van der Waals surface area contributed by atoms with E-state index in [4.69, 9.17) is 10.5 Å². The summed E-state index contributed by atoms with van der Waals surface area (Å²) >= 11 is 0. The number of hydrogen-bond donors (Lipinski definition) is 1. The Labute approximate surface area is 211 Å². The van der Waals surface area contributed by atoms with E-state index < -0.39 is 11.0 Å². The number of para-hydroxylation sites is 1. The van der Waals surface area contributed by atoms with Gasteiger partial charge in [0.2, 0.25) is 11.8 Å². The largest absolute Gasteiger partial charge is 0.444 e. The number of ether oxygens (including phenoxy) is 1. The lowest BCUT2D eigenvalue weighted by molar-refractivity contribution is -0.126. The van der Waals surface area contributed by atoms with E-state index in [1.807, 2.05) is 42.2 Å². The fourth-order valence-corrected chi connectivity index (χ4v) is 7.29. The maximum Gasteiger partial charge on any atom is 0.248 e. The smallest absolute Gasteiger partial charge is 0.248 e. The molecule has 0 saturated carbocycles. The van der Waals surface area contributed by atoms with Crippen LogP contribution in [0.5, 0.6) is 0 Å². The molecule has 36 heavy (non-hydrogen) atoms. The molecule has 0 bridgehead atoms. The van der Waals surface area contributed by atoms with Gasteiger partial charge < -0.3 is 15.4 Å². The van der Waals surface area contributed by atoms with Crippen LogP contribution in [0, 0.1) is 17.2 Å². The number of nitriles is 1. The van der Waals surface area contributed by atoms with Crippen LogP contribution in [0.4, 0.5) is 5.69 Å². The Balaban J connectivity index is 1.73. The molecule has 6 nitrogen and oxygen atoms in total. The van der Waals surface area contributed by atoms with Gasteiger partial charge in [0.15, 0.2) is 5.78 Å². The van der Waals surface area contributed by atoms with Crippen molar-refractivity contribution in [2.24, 2.45) is 11.7 Å². The molecule has 3 aliphatic heterocycles. The Morgan fingerprint density at radius 3 is 2.42 bits per heavy atom. The summed E-state index contributed by atoms with van der Waals surface area (Å²) in [5, 5.41) is 10.3. The number of carbonyl (C=O) groups is 2. The first-order valence-corrected chi connectivity index (χ1v) is 12.5. The van der Waals surface area contributed by atoms with Crippen LogP contribution in [0.15, 0.2) is 71.3 Å². The van der Waals surface area contributed by atoms with Crippen LogP contribution in [0.2, 0.25) is 0 Å². The van der Waals surface area contributed by atoms with E-state index in [1.54, 1.807) is 0 Å². The molecule has 2 aromatic rings. The molecule has 6 heteroatoms. The third kappa shape index (κ3) is 2.55. The standard InChI is InChI=1S/C30H29N3O3/c1-17-13-22(34)24-23(14-17)36-26(32)21(15-31)30(24)20-12-8-11-19-25(20)33(27(30)35)28(2,3)16-29(19,4)18-9-6-5-7-10-18/h5-12,17H,13-14,16,32H2,1-4H3/t17-,29-,30+/m1/s1. The molecule has 0 aromatic heterocycles. The number of anilines is 1. The van der Waals surface area contributed by atoms with Crippen molar-refractivity contribution in [3.8, 4) is 6.07 Å². The number of rotatable bonds is 1. The van der Waals surface area contributed by atoms with E-state index in [2.05, 4.69) is 45.0 Å². The highest BCUT2D eigenvalue weighted by atomic mass is 16.5. The normalized spacial score (nSPS) is 30.2. The minimum atomic E-state index is -1.59. The highest BCUT2D eigenvalue weighted by Crippen LogP contribution is 2.62. The molecule has 3 atom stereocenters. The minimum absolute atomic E-state index is 0.00849. The monoisotopic (exact) mass is 479 g/mol. The zero-order valence-electron chi connectivity index (χ0n) is 21.0. The second-order valence-electron chi connectivity index (χ2n) is 11.5. The van der Waals surface area contributed by atoms with Gasteiger partial charge in [-0.25, -0.2) is 0 Å². The summed E-state index contributed by atoms with van der Waals surface area (Å²) in [6, 6.07) is 18.4. The third-order valence-corrected chi connectivity index (χ3v) is 8.55. The predicted molar refractivity (Wildman–Crippen MR) is 136 cm³/mol. The van der Waals surface area contributed by atoms with E-state index in [-0.39, 0.29) is 40.1 Å². The fraction of sp³-hybridized carbons (Fsp3) is 0.367. The highest BCUT2D eigenvalue weighted by molar-refractivity contribution is 6.21. The second kappa shape index (κ2) is 7.10. The van der Waals surface area contributed by atoms with E-state index in [9.17, 15) is 14.9 Å². The number of nitrogens with two attached hydrogens (primary N) is 1. The average Bonchev–Trinajstić information content (AvgIpc) is 3.07. The molecule has 0 unspecified atom stereocenters. The van der Waals surface area contributed by atoms with Gasteiger partial charge in [0, 0.05) is 29.4 Å². The molecule has 2 N–H and O–H groups in total. The first kappa shape index (κ1) is 22.6. The zero-order valence-corrected chi connectivity index (χ0v) is 21.0.